The van der Waals surface area contributed by atoms with Crippen LogP contribution in [-0.4, -0.2) is 34.6 Å². The fourth-order valence-electron chi connectivity index (χ4n) is 3.02. The number of nitrogens with two attached hydrogens (primary N) is 1. The van der Waals surface area contributed by atoms with Crippen LogP contribution in [0.4, 0.5) is 5.69 Å². The van der Waals surface area contributed by atoms with Gasteiger partial charge in [0.2, 0.25) is 0 Å². The normalized spacial score (nSPS) is 12.6. The minimum absolute atomic E-state index is 0.262. The number of hydrogen-bond acceptors (Lipinski definition) is 5. The van der Waals surface area contributed by atoms with Crippen molar-refractivity contribution in [3.8, 4) is 11.1 Å². The molecule has 2 heterocycles. The molecule has 0 fully saturated rings. The minimum Gasteiger partial charge on any atom is -0.469 e. The molecule has 0 radical (unpaired) electrons. The summed E-state index contributed by atoms with van der Waals surface area (Å²) in [7, 11) is 1.36. The second-order valence-electron chi connectivity index (χ2n) is 7.30. The third kappa shape index (κ3) is 3.43. The van der Waals surface area contributed by atoms with E-state index in [1.807, 2.05) is 49.5 Å². The molecular formula is C21H24N4O3. The van der Waals surface area contributed by atoms with E-state index in [9.17, 15) is 9.59 Å². The molecular weight excluding hydrogens is 356 g/mol. The van der Waals surface area contributed by atoms with Gasteiger partial charge in [0.05, 0.1) is 35.5 Å². The number of anilines is 1. The van der Waals surface area contributed by atoms with Gasteiger partial charge in [-0.05, 0) is 32.4 Å². The molecule has 146 valence electrons. The molecule has 1 amide bonds. The zero-order valence-corrected chi connectivity index (χ0v) is 16.4. The lowest BCUT2D eigenvalue weighted by Gasteiger charge is -2.30. The zero-order valence-electron chi connectivity index (χ0n) is 16.4. The molecule has 0 aliphatic carbocycles. The predicted molar refractivity (Wildman–Crippen MR) is 108 cm³/mol. The lowest BCUT2D eigenvalue weighted by atomic mass is 9.85. The van der Waals surface area contributed by atoms with E-state index in [0.717, 1.165) is 11.1 Å². The molecule has 2 aromatic heterocycles. The molecule has 3 rings (SSSR count). The van der Waals surface area contributed by atoms with Crippen molar-refractivity contribution in [2.75, 3.05) is 12.4 Å². The average Bonchev–Trinajstić information content (AvgIpc) is 3.12. The smallest absolute Gasteiger partial charge is 0.313 e. The Labute approximate surface area is 163 Å². The minimum atomic E-state index is -0.821. The van der Waals surface area contributed by atoms with E-state index in [2.05, 4.69) is 10.4 Å². The molecule has 7 nitrogen and oxygen atoms in total. The summed E-state index contributed by atoms with van der Waals surface area (Å²) in [5, 5.41) is 7.61. The van der Waals surface area contributed by atoms with Crippen LogP contribution in [0.2, 0.25) is 0 Å². The fourth-order valence-corrected chi connectivity index (χ4v) is 3.02. The van der Waals surface area contributed by atoms with Gasteiger partial charge in [0.15, 0.2) is 0 Å². The molecule has 3 aromatic rings. The first-order valence-corrected chi connectivity index (χ1v) is 8.97. The van der Waals surface area contributed by atoms with E-state index in [-0.39, 0.29) is 17.6 Å². The number of ether oxygens (including phenoxy) is 1. The Morgan fingerprint density at radius 1 is 1.21 bits per heavy atom. The van der Waals surface area contributed by atoms with Crippen LogP contribution in [0.25, 0.3) is 16.6 Å². The molecule has 1 atom stereocenters. The van der Waals surface area contributed by atoms with E-state index < -0.39 is 11.3 Å². The van der Waals surface area contributed by atoms with Gasteiger partial charge in [-0.1, -0.05) is 30.3 Å². The quantitative estimate of drug-likeness (QED) is 0.640. The van der Waals surface area contributed by atoms with Gasteiger partial charge in [-0.15, -0.1) is 0 Å². The number of nitrogens with one attached hydrogen (secondary N) is 1. The Hall–Kier alpha value is -3.35. The van der Waals surface area contributed by atoms with Crippen molar-refractivity contribution in [3.63, 3.8) is 0 Å². The highest BCUT2D eigenvalue weighted by atomic mass is 16.5. The second-order valence-corrected chi connectivity index (χ2v) is 7.30. The van der Waals surface area contributed by atoms with E-state index in [1.165, 1.54) is 13.3 Å². The molecule has 1 aromatic carbocycles. The van der Waals surface area contributed by atoms with Gasteiger partial charge in [0, 0.05) is 17.8 Å². The molecule has 3 N–H and O–H groups in total. The monoisotopic (exact) mass is 380 g/mol. The highest BCUT2D eigenvalue weighted by molar-refractivity contribution is 6.02. The maximum Gasteiger partial charge on any atom is 0.313 e. The lowest BCUT2D eigenvalue weighted by molar-refractivity contribution is -0.151. The molecule has 0 bridgehead atoms. The second kappa shape index (κ2) is 7.34. The van der Waals surface area contributed by atoms with Gasteiger partial charge in [-0.25, -0.2) is 4.52 Å². The van der Waals surface area contributed by atoms with Gasteiger partial charge >= 0.3 is 5.97 Å². The number of aromatic nitrogens is 2. The molecule has 7 heteroatoms. The van der Waals surface area contributed by atoms with E-state index >= 15 is 0 Å². The Kier molecular flexibility index (Phi) is 5.09. The lowest BCUT2D eigenvalue weighted by Crippen LogP contribution is -2.41. The van der Waals surface area contributed by atoms with Crippen LogP contribution in [0.15, 0.2) is 48.8 Å². The number of carbonyl (C=O) groups excluding carboxylic acids is 2. The van der Waals surface area contributed by atoms with Crippen molar-refractivity contribution < 1.29 is 14.3 Å². The molecule has 0 saturated carbocycles. The van der Waals surface area contributed by atoms with Gasteiger partial charge in [0.1, 0.15) is 0 Å². The average molecular weight is 380 g/mol. The summed E-state index contributed by atoms with van der Waals surface area (Å²) in [5.74, 6) is -0.943. The maximum absolute atomic E-state index is 12.2. The number of hydrogen-bond donors (Lipinski definition) is 2. The molecule has 0 aliphatic rings. The standard InChI is InChI=1S/C21H24N4O3/c1-13(21(2,3)20(27)28-4)24-18-16(19(22)26)11-23-25-12-15(10-17(18)25)14-8-6-5-7-9-14/h5-13,24H,1-4H3,(H2,22,26). The number of nitrogens with zero attached hydrogens (tertiary/aromatic N) is 2. The molecule has 28 heavy (non-hydrogen) atoms. The van der Waals surface area contributed by atoms with Crippen LogP contribution in [0.3, 0.4) is 0 Å². The van der Waals surface area contributed by atoms with Gasteiger partial charge < -0.3 is 15.8 Å². The van der Waals surface area contributed by atoms with Crippen LogP contribution in [0.1, 0.15) is 31.1 Å². The van der Waals surface area contributed by atoms with Crippen LogP contribution in [-0.2, 0) is 9.53 Å². The number of benzene rings is 1. The third-order valence-electron chi connectivity index (χ3n) is 5.16. The summed E-state index contributed by atoms with van der Waals surface area (Å²) in [5.41, 5.74) is 8.24. The molecule has 0 saturated heterocycles. The van der Waals surface area contributed by atoms with Crippen LogP contribution in [0.5, 0.6) is 0 Å². The number of primary amides is 1. The summed E-state index contributed by atoms with van der Waals surface area (Å²) in [6, 6.07) is 11.5. The summed E-state index contributed by atoms with van der Waals surface area (Å²) in [4.78, 5) is 24.2. The first kappa shape index (κ1) is 19.4. The van der Waals surface area contributed by atoms with Crippen molar-refractivity contribution in [3.05, 3.63) is 54.4 Å². The number of methoxy groups -OCH3 is 1. The number of rotatable bonds is 6. The summed E-state index contributed by atoms with van der Waals surface area (Å²) in [6.45, 7) is 5.43. The largest absolute Gasteiger partial charge is 0.469 e. The SMILES string of the molecule is COC(=O)C(C)(C)C(C)Nc1c(C(N)=O)cnn2cc(-c3ccccc3)cc12. The number of carbonyl (C=O) groups is 2. The van der Waals surface area contributed by atoms with E-state index in [4.69, 9.17) is 10.5 Å². The van der Waals surface area contributed by atoms with Crippen molar-refractivity contribution >= 4 is 23.1 Å². The van der Waals surface area contributed by atoms with Crippen LogP contribution < -0.4 is 11.1 Å². The third-order valence-corrected chi connectivity index (χ3v) is 5.16. The van der Waals surface area contributed by atoms with Crippen molar-refractivity contribution in [1.82, 2.24) is 9.61 Å². The number of amides is 1. The Morgan fingerprint density at radius 2 is 1.89 bits per heavy atom. The van der Waals surface area contributed by atoms with Gasteiger partial charge in [-0.2, -0.15) is 5.10 Å². The van der Waals surface area contributed by atoms with Gasteiger partial charge in [0.25, 0.3) is 5.91 Å². The Bertz CT molecular complexity index is 1020. The Balaban J connectivity index is 2.11. The molecule has 0 spiro atoms. The highest BCUT2D eigenvalue weighted by Gasteiger charge is 2.36. The molecule has 0 aliphatic heterocycles. The zero-order chi connectivity index (χ0) is 20.5. The van der Waals surface area contributed by atoms with Gasteiger partial charge in [-0.3, -0.25) is 9.59 Å². The van der Waals surface area contributed by atoms with Crippen molar-refractivity contribution in [2.24, 2.45) is 11.1 Å². The maximum atomic E-state index is 12.2. The van der Waals surface area contributed by atoms with Crippen LogP contribution in [0, 0.1) is 5.41 Å². The first-order valence-electron chi connectivity index (χ1n) is 8.97. The number of fused-ring (bicyclic) bond motifs is 1. The van der Waals surface area contributed by atoms with Crippen LogP contribution >= 0.6 is 0 Å². The highest BCUT2D eigenvalue weighted by Crippen LogP contribution is 2.32. The first-order chi connectivity index (χ1) is 13.3. The molecule has 1 unspecified atom stereocenters. The van der Waals surface area contributed by atoms with Crippen molar-refractivity contribution in [1.29, 1.82) is 0 Å². The fraction of sp³-hybridized carbons (Fsp3) is 0.286. The van der Waals surface area contributed by atoms with E-state index in [0.29, 0.717) is 11.2 Å². The number of esters is 1. The van der Waals surface area contributed by atoms with Crippen molar-refractivity contribution in [2.45, 2.75) is 26.8 Å². The summed E-state index contributed by atoms with van der Waals surface area (Å²) < 4.78 is 6.60. The summed E-state index contributed by atoms with van der Waals surface area (Å²) >= 11 is 0. The topological polar surface area (TPSA) is 98.7 Å². The predicted octanol–water partition coefficient (Wildman–Crippen LogP) is 3.10. The van der Waals surface area contributed by atoms with E-state index in [1.54, 1.807) is 18.4 Å². The summed E-state index contributed by atoms with van der Waals surface area (Å²) in [6.07, 6.45) is 3.32. The Morgan fingerprint density at radius 3 is 2.50 bits per heavy atom.